The van der Waals surface area contributed by atoms with Crippen LogP contribution < -0.4 is 0 Å². The van der Waals surface area contributed by atoms with Crippen LogP contribution in [-0.4, -0.2) is 68.9 Å². The average molecular weight is 1520 g/mol. The van der Waals surface area contributed by atoms with E-state index in [1.54, 1.807) is 33.4 Å². The normalized spacial score (nSPS) is 11.5. The van der Waals surface area contributed by atoms with E-state index in [4.69, 9.17) is 59.8 Å². The van der Waals surface area contributed by atoms with Gasteiger partial charge in [-0.3, -0.25) is 0 Å². The van der Waals surface area contributed by atoms with E-state index in [1.807, 2.05) is 291 Å². The molecular weight excluding hydrogens is 1470 g/mol. The monoisotopic (exact) mass is 1520 g/mol. The number of rotatable bonds is 15. The van der Waals surface area contributed by atoms with Gasteiger partial charge in [-0.05, 0) is 84.9 Å². The van der Waals surface area contributed by atoms with Crippen molar-refractivity contribution in [2.45, 2.75) is 0 Å². The largest absolute Gasteiger partial charge is 0.309 e. The molecule has 20 heteroatoms. The second-order valence-electron chi connectivity index (χ2n) is 27.7. The lowest BCUT2D eigenvalue weighted by molar-refractivity contribution is 0.381. The highest BCUT2D eigenvalue weighted by molar-refractivity contribution is 6.14. The molecule has 0 radical (unpaired) electrons. The summed E-state index contributed by atoms with van der Waals surface area (Å²) >= 11 is 0. The highest BCUT2D eigenvalue weighted by atomic mass is 19.2. The Labute approximate surface area is 663 Å². The van der Waals surface area contributed by atoms with Gasteiger partial charge in [-0.2, -0.15) is 5.26 Å². The van der Waals surface area contributed by atoms with Crippen molar-refractivity contribution in [2.24, 2.45) is 0 Å². The number of nitriles is 1. The molecule has 6 aromatic heterocycles. The summed E-state index contributed by atoms with van der Waals surface area (Å²) in [6.07, 6.45) is 0. The van der Waals surface area contributed by atoms with Gasteiger partial charge in [-0.25, -0.2) is 81.8 Å². The topological polar surface area (TPSA) is 188 Å². The molecule has 0 spiro atoms. The van der Waals surface area contributed by atoms with Crippen LogP contribution in [0.15, 0.2) is 328 Å². The SMILES string of the molecule is N#Cc1cc(-n2c3ccc(-c4nc(-c5ccccc5)nc(-c5ccccc5)n4)cc3c3cc(-c4nc(-c5ccccc5)nc(-c5ccccc5)n4)ccc32)c(-c2c(F)c(F)c(F)c(F)c2F)cc1-n1c2ccc(-c3nc(-c4ccccc4)nc(-c4ccccc4)n3)cc2c2cc(-c3nc(-c4ccccc4)nc(-c4ccccc4)n3)ccc21. The Morgan fingerprint density at radius 3 is 0.615 bits per heavy atom. The third-order valence-corrected chi connectivity index (χ3v) is 20.6. The quantitative estimate of drug-likeness (QED) is 0.0536. The van der Waals surface area contributed by atoms with E-state index in [0.29, 0.717) is 124 Å². The third-order valence-electron chi connectivity index (χ3n) is 20.6. The van der Waals surface area contributed by atoms with Crippen LogP contribution >= 0.6 is 0 Å². The number of aromatic nitrogens is 14. The van der Waals surface area contributed by atoms with Crippen LogP contribution in [0.3, 0.4) is 0 Å². The third kappa shape index (κ3) is 12.8. The Morgan fingerprint density at radius 2 is 0.402 bits per heavy atom. The maximum Gasteiger partial charge on any atom is 0.200 e. The van der Waals surface area contributed by atoms with E-state index in [0.717, 1.165) is 44.5 Å². The van der Waals surface area contributed by atoms with E-state index in [1.165, 1.54) is 12.1 Å². The van der Waals surface area contributed by atoms with Crippen LogP contribution in [0.2, 0.25) is 0 Å². The predicted molar refractivity (Wildman–Crippen MR) is 444 cm³/mol. The number of fused-ring (bicyclic) bond motifs is 6. The zero-order chi connectivity index (χ0) is 78.8. The number of benzene rings is 14. The van der Waals surface area contributed by atoms with Crippen LogP contribution in [0.25, 0.3) is 203 Å². The number of hydrogen-bond donors (Lipinski definition) is 0. The average Bonchev–Trinajstić information content (AvgIpc) is 1.57. The van der Waals surface area contributed by atoms with Gasteiger partial charge in [0, 0.05) is 93.9 Å². The van der Waals surface area contributed by atoms with Gasteiger partial charge < -0.3 is 9.13 Å². The molecule has 117 heavy (non-hydrogen) atoms. The van der Waals surface area contributed by atoms with Crippen LogP contribution in [0.5, 0.6) is 0 Å². The van der Waals surface area contributed by atoms with Crippen molar-refractivity contribution in [1.82, 2.24) is 68.9 Å². The van der Waals surface area contributed by atoms with Crippen molar-refractivity contribution in [3.8, 4) is 165 Å². The maximum absolute atomic E-state index is 17.7. The summed E-state index contributed by atoms with van der Waals surface area (Å²) in [5.41, 5.74) is 7.59. The van der Waals surface area contributed by atoms with Crippen molar-refractivity contribution in [3.63, 3.8) is 0 Å². The molecule has 20 rings (SSSR count). The van der Waals surface area contributed by atoms with Crippen LogP contribution in [0.1, 0.15) is 5.56 Å². The molecule has 0 fully saturated rings. The fourth-order valence-corrected chi connectivity index (χ4v) is 15.0. The Kier molecular flexibility index (Phi) is 17.5. The zero-order valence-electron chi connectivity index (χ0n) is 61.3. The first-order valence-corrected chi connectivity index (χ1v) is 37.3. The van der Waals surface area contributed by atoms with E-state index < -0.39 is 40.2 Å². The minimum Gasteiger partial charge on any atom is -0.309 e. The van der Waals surface area contributed by atoms with Gasteiger partial charge in [0.15, 0.2) is 93.2 Å². The molecule has 0 amide bonds. The molecule has 0 aliphatic carbocycles. The molecule has 14 aromatic carbocycles. The van der Waals surface area contributed by atoms with Gasteiger partial charge >= 0.3 is 0 Å². The molecule has 0 saturated heterocycles. The fraction of sp³-hybridized carbons (Fsp3) is 0. The summed E-state index contributed by atoms with van der Waals surface area (Å²) in [4.78, 5) is 60.6. The lowest BCUT2D eigenvalue weighted by Crippen LogP contribution is -2.09. The minimum atomic E-state index is -2.36. The standard InChI is InChI=1S/C97H54F5N15/c98-81-80(82(99)84(101)85(102)83(81)100)73-54-78(116-74-45-41-64(94-108-86(56-25-9-1-10-26-56)104-87(109-94)57-27-11-2-12-28-57)49-69(74)70-50-65(42-46-75(70)116)95-110-88(58-29-13-3-14-30-58)105-89(111-95)59-31-15-4-16-32-59)68(55-103)53-79(73)117-76-47-43-66(96-112-90(60-33-17-5-18-34-60)106-91(113-96)61-35-19-6-20-36-61)51-71(76)72-52-67(44-48-77(72)117)97-114-92(62-37-21-7-22-38-62)107-93(115-97)63-39-23-8-24-40-63/h1-54H. The molecule has 0 unspecified atom stereocenters. The second kappa shape index (κ2) is 29.2. The first-order valence-electron chi connectivity index (χ1n) is 37.3. The van der Waals surface area contributed by atoms with Gasteiger partial charge in [-0.1, -0.05) is 243 Å². The van der Waals surface area contributed by atoms with Crippen molar-refractivity contribution < 1.29 is 22.0 Å². The van der Waals surface area contributed by atoms with Crippen molar-refractivity contribution in [2.75, 3.05) is 0 Å². The molecule has 0 N–H and O–H groups in total. The summed E-state index contributed by atoms with van der Waals surface area (Å²) < 4.78 is 87.6. The van der Waals surface area contributed by atoms with E-state index in [-0.39, 0.29) is 28.6 Å². The predicted octanol–water partition coefficient (Wildman–Crippen LogP) is 22.9. The van der Waals surface area contributed by atoms with E-state index in [9.17, 15) is 5.26 Å². The molecule has 0 aliphatic heterocycles. The van der Waals surface area contributed by atoms with Crippen molar-refractivity contribution in [1.29, 1.82) is 5.26 Å². The Morgan fingerprint density at radius 1 is 0.205 bits per heavy atom. The summed E-state index contributed by atoms with van der Waals surface area (Å²) in [5, 5.41) is 14.2. The number of nitrogens with zero attached hydrogens (tertiary/aromatic N) is 15. The molecule has 0 saturated carbocycles. The van der Waals surface area contributed by atoms with Gasteiger partial charge in [0.2, 0.25) is 5.82 Å². The lowest BCUT2D eigenvalue weighted by atomic mass is 9.97. The minimum absolute atomic E-state index is 0.00152. The smallest absolute Gasteiger partial charge is 0.200 e. The Hall–Kier alpha value is -16.1. The van der Waals surface area contributed by atoms with E-state index in [2.05, 4.69) is 6.07 Å². The zero-order valence-corrected chi connectivity index (χ0v) is 61.3. The molecular formula is C97H54F5N15. The van der Waals surface area contributed by atoms with Crippen LogP contribution in [-0.2, 0) is 0 Å². The summed E-state index contributed by atoms with van der Waals surface area (Å²) in [5.74, 6) is -6.62. The molecule has 15 nitrogen and oxygen atoms in total. The first kappa shape index (κ1) is 70.0. The maximum atomic E-state index is 17.7. The molecule has 0 atom stereocenters. The first-order chi connectivity index (χ1) is 57.5. The van der Waals surface area contributed by atoms with Gasteiger partial charge in [0.25, 0.3) is 0 Å². The van der Waals surface area contributed by atoms with Gasteiger partial charge in [-0.15, -0.1) is 0 Å². The lowest BCUT2D eigenvalue weighted by Gasteiger charge is -2.20. The van der Waals surface area contributed by atoms with Crippen molar-refractivity contribution in [3.05, 3.63) is 362 Å². The van der Waals surface area contributed by atoms with Crippen molar-refractivity contribution >= 4 is 43.6 Å². The van der Waals surface area contributed by atoms with E-state index >= 15 is 22.0 Å². The summed E-state index contributed by atoms with van der Waals surface area (Å²) in [7, 11) is 0. The second-order valence-corrected chi connectivity index (χ2v) is 27.7. The van der Waals surface area contributed by atoms with Gasteiger partial charge in [0.1, 0.15) is 6.07 Å². The Bertz CT molecular complexity index is 6740. The molecule has 0 aliphatic rings. The van der Waals surface area contributed by atoms with Crippen LogP contribution in [0.4, 0.5) is 22.0 Å². The molecule has 20 aromatic rings. The number of hydrogen-bond acceptors (Lipinski definition) is 13. The highest BCUT2D eigenvalue weighted by Crippen LogP contribution is 2.46. The summed E-state index contributed by atoms with van der Waals surface area (Å²) in [6.45, 7) is 0. The fourth-order valence-electron chi connectivity index (χ4n) is 15.0. The highest BCUT2D eigenvalue weighted by Gasteiger charge is 2.32. The number of halogens is 5. The summed E-state index contributed by atoms with van der Waals surface area (Å²) in [6, 6.07) is 103. The van der Waals surface area contributed by atoms with Crippen LogP contribution in [0, 0.1) is 40.4 Å². The Balaban J connectivity index is 0.855. The molecule has 552 valence electrons. The molecule has 0 bridgehead atoms. The molecule has 6 heterocycles. The van der Waals surface area contributed by atoms with Gasteiger partial charge in [0.05, 0.1) is 44.6 Å².